The Bertz CT molecular complexity index is 1560. The highest BCUT2D eigenvalue weighted by Gasteiger charge is 2.37. The van der Waals surface area contributed by atoms with Crippen LogP contribution >= 0.6 is 11.5 Å². The number of aromatic nitrogens is 1. The topological polar surface area (TPSA) is 107 Å². The van der Waals surface area contributed by atoms with Crippen molar-refractivity contribution in [3.8, 4) is 22.8 Å². The molecule has 42 heavy (non-hydrogen) atoms. The van der Waals surface area contributed by atoms with Crippen LogP contribution in [0.4, 0.5) is 11.4 Å². The summed E-state index contributed by atoms with van der Waals surface area (Å²) in [7, 11) is 3.20. The van der Waals surface area contributed by atoms with Crippen molar-refractivity contribution in [2.24, 2.45) is 0 Å². The van der Waals surface area contributed by atoms with Crippen molar-refractivity contribution in [1.82, 2.24) is 9.69 Å². The van der Waals surface area contributed by atoms with Gasteiger partial charge in [0.2, 0.25) is 5.91 Å². The zero-order valence-electron chi connectivity index (χ0n) is 24.3. The Morgan fingerprint density at radius 3 is 2.19 bits per heavy atom. The van der Waals surface area contributed by atoms with E-state index in [0.29, 0.717) is 28.4 Å². The monoisotopic (exact) mass is 584 g/mol. The van der Waals surface area contributed by atoms with Crippen LogP contribution in [0.5, 0.6) is 11.5 Å². The molecule has 3 N–H and O–H groups in total. The molecule has 2 amide bonds. The van der Waals surface area contributed by atoms with Gasteiger partial charge in [-0.15, -0.1) is 0 Å². The number of carbonyl (C=O) groups excluding carboxylic acids is 2. The molecule has 0 spiro atoms. The van der Waals surface area contributed by atoms with Crippen LogP contribution in [0.1, 0.15) is 58.1 Å². The van der Waals surface area contributed by atoms with Gasteiger partial charge in [0.25, 0.3) is 5.91 Å². The van der Waals surface area contributed by atoms with E-state index >= 15 is 0 Å². The van der Waals surface area contributed by atoms with Gasteiger partial charge in [-0.2, -0.15) is 4.37 Å². The molecule has 0 saturated heterocycles. The summed E-state index contributed by atoms with van der Waals surface area (Å²) < 4.78 is 15.2. The van der Waals surface area contributed by atoms with Crippen molar-refractivity contribution in [1.29, 1.82) is 0 Å². The van der Waals surface area contributed by atoms with Crippen LogP contribution in [-0.4, -0.2) is 36.4 Å². The fourth-order valence-corrected chi connectivity index (χ4v) is 6.19. The van der Waals surface area contributed by atoms with Crippen molar-refractivity contribution < 1.29 is 19.1 Å². The number of aryl methyl sites for hydroxylation is 1. The second kappa shape index (κ2) is 12.7. The first-order chi connectivity index (χ1) is 20.3. The van der Waals surface area contributed by atoms with E-state index in [9.17, 15) is 9.59 Å². The number of hydrogen-bond acceptors (Lipinski definition) is 7. The average Bonchev–Trinajstić information content (AvgIpc) is 3.67. The molecule has 1 aliphatic carbocycles. The number of ether oxygens (including phenoxy) is 2. The van der Waals surface area contributed by atoms with E-state index in [-0.39, 0.29) is 28.4 Å². The molecular weight excluding hydrogens is 548 g/mol. The first-order valence-electron chi connectivity index (χ1n) is 14.1. The number of nitrogens with one attached hydrogen (secondary N) is 1. The minimum Gasteiger partial charge on any atom is -0.497 e. The summed E-state index contributed by atoms with van der Waals surface area (Å²) >= 11 is 1.04. The summed E-state index contributed by atoms with van der Waals surface area (Å²) in [6, 6.07) is 19.5. The molecule has 218 valence electrons. The van der Waals surface area contributed by atoms with Crippen LogP contribution in [0.2, 0.25) is 0 Å². The first-order valence-corrected chi connectivity index (χ1v) is 14.8. The number of nitrogen functional groups attached to an aromatic ring is 1. The van der Waals surface area contributed by atoms with Gasteiger partial charge in [0.05, 0.1) is 19.9 Å². The molecule has 0 bridgehead atoms. The molecule has 4 aromatic rings. The zero-order chi connectivity index (χ0) is 29.8. The summed E-state index contributed by atoms with van der Waals surface area (Å²) in [6.07, 6.45) is 3.99. The minimum atomic E-state index is -0.949. The van der Waals surface area contributed by atoms with Gasteiger partial charge < -0.3 is 20.5 Å². The third kappa shape index (κ3) is 5.83. The maximum absolute atomic E-state index is 14.6. The SMILES string of the molecule is COc1ccc(-c2nsc(C(=O)N(c3cccc(C)c3C)[C@H](C(=O)NC3CCCC3)c3ccc(OC)cc3)c2N)cc1. The van der Waals surface area contributed by atoms with Gasteiger partial charge in [-0.3, -0.25) is 14.5 Å². The van der Waals surface area contributed by atoms with Gasteiger partial charge in [0, 0.05) is 17.3 Å². The molecule has 0 radical (unpaired) electrons. The highest BCUT2D eigenvalue weighted by Crippen LogP contribution is 2.38. The third-order valence-electron chi connectivity index (χ3n) is 7.98. The number of rotatable bonds is 9. The van der Waals surface area contributed by atoms with E-state index in [1.165, 1.54) is 0 Å². The van der Waals surface area contributed by atoms with Crippen molar-refractivity contribution in [3.63, 3.8) is 0 Å². The molecule has 1 atom stereocenters. The van der Waals surface area contributed by atoms with E-state index in [1.807, 2.05) is 68.4 Å². The maximum atomic E-state index is 14.6. The lowest BCUT2D eigenvalue weighted by Crippen LogP contribution is -2.46. The predicted octanol–water partition coefficient (Wildman–Crippen LogP) is 6.47. The normalized spacial score (nSPS) is 13.9. The summed E-state index contributed by atoms with van der Waals surface area (Å²) in [5, 5.41) is 3.23. The standard InChI is InChI=1S/C33H36N4O4S/c1-20-8-7-11-27(21(20)2)37(33(39)31-28(34)29(36-42-31)22-12-16-25(40-3)17-13-22)30(23-14-18-26(41-4)19-15-23)32(38)35-24-9-5-6-10-24/h7-8,11-19,24,30H,5-6,9-10,34H2,1-4H3,(H,35,38)/t30-/m0/s1. The van der Waals surface area contributed by atoms with Crippen LogP contribution < -0.4 is 25.4 Å². The molecule has 3 aromatic carbocycles. The number of nitrogens with zero attached hydrogens (tertiary/aromatic N) is 2. The van der Waals surface area contributed by atoms with Crippen LogP contribution in [0.25, 0.3) is 11.3 Å². The van der Waals surface area contributed by atoms with E-state index < -0.39 is 6.04 Å². The predicted molar refractivity (Wildman–Crippen MR) is 167 cm³/mol. The summed E-state index contributed by atoms with van der Waals surface area (Å²) in [5.74, 6) is 0.746. The third-order valence-corrected chi connectivity index (χ3v) is 8.83. The highest BCUT2D eigenvalue weighted by molar-refractivity contribution is 7.09. The number of methoxy groups -OCH3 is 2. The second-order valence-electron chi connectivity index (χ2n) is 10.6. The van der Waals surface area contributed by atoms with E-state index in [2.05, 4.69) is 9.69 Å². The lowest BCUT2D eigenvalue weighted by atomic mass is 9.99. The quantitative estimate of drug-likeness (QED) is 0.233. The van der Waals surface area contributed by atoms with Crippen molar-refractivity contribution in [2.45, 2.75) is 51.6 Å². The number of amides is 2. The molecule has 1 aromatic heterocycles. The molecule has 1 heterocycles. The number of benzene rings is 3. The van der Waals surface area contributed by atoms with Gasteiger partial charge in [0.15, 0.2) is 0 Å². The fourth-order valence-electron chi connectivity index (χ4n) is 5.43. The Labute approximate surface area is 250 Å². The van der Waals surface area contributed by atoms with Gasteiger partial charge in [0.1, 0.15) is 28.1 Å². The summed E-state index contributed by atoms with van der Waals surface area (Å²) in [5.41, 5.74) is 11.4. The summed E-state index contributed by atoms with van der Waals surface area (Å²) in [4.78, 5) is 30.7. The summed E-state index contributed by atoms with van der Waals surface area (Å²) in [6.45, 7) is 3.95. The van der Waals surface area contributed by atoms with Crippen molar-refractivity contribution in [3.05, 3.63) is 88.3 Å². The molecule has 9 heteroatoms. The van der Waals surface area contributed by atoms with Crippen LogP contribution in [0, 0.1) is 13.8 Å². The second-order valence-corrected chi connectivity index (χ2v) is 11.3. The van der Waals surface area contributed by atoms with Crippen LogP contribution in [-0.2, 0) is 4.79 Å². The smallest absolute Gasteiger partial charge is 0.273 e. The molecule has 1 fully saturated rings. The van der Waals surface area contributed by atoms with Gasteiger partial charge in [-0.25, -0.2) is 0 Å². The molecule has 0 unspecified atom stereocenters. The van der Waals surface area contributed by atoms with E-state index in [4.69, 9.17) is 15.2 Å². The van der Waals surface area contributed by atoms with Crippen LogP contribution in [0.3, 0.4) is 0 Å². The number of anilines is 2. The Hall–Kier alpha value is -4.37. The Kier molecular flexibility index (Phi) is 8.77. The Balaban J connectivity index is 1.63. The average molecular weight is 585 g/mol. The van der Waals surface area contributed by atoms with Gasteiger partial charge in [-0.1, -0.05) is 37.1 Å². The number of hydrogen-bond donors (Lipinski definition) is 2. The minimum absolute atomic E-state index is 0.0731. The van der Waals surface area contributed by atoms with Gasteiger partial charge >= 0.3 is 0 Å². The fraction of sp³-hybridized carbons (Fsp3) is 0.303. The van der Waals surface area contributed by atoms with E-state index in [1.54, 1.807) is 31.3 Å². The van der Waals surface area contributed by atoms with Crippen LogP contribution in [0.15, 0.2) is 66.7 Å². The number of carbonyl (C=O) groups is 2. The van der Waals surface area contributed by atoms with Crippen molar-refractivity contribution >= 4 is 34.7 Å². The maximum Gasteiger partial charge on any atom is 0.273 e. The van der Waals surface area contributed by atoms with E-state index in [0.717, 1.165) is 53.9 Å². The molecular formula is C33H36N4O4S. The number of nitrogens with two attached hydrogens (primary N) is 1. The Morgan fingerprint density at radius 1 is 0.952 bits per heavy atom. The first kappa shape index (κ1) is 29.1. The molecule has 1 aliphatic rings. The molecule has 0 aliphatic heterocycles. The zero-order valence-corrected chi connectivity index (χ0v) is 25.2. The molecule has 8 nitrogen and oxygen atoms in total. The lowest BCUT2D eigenvalue weighted by Gasteiger charge is -2.33. The largest absolute Gasteiger partial charge is 0.497 e. The molecule has 5 rings (SSSR count). The highest BCUT2D eigenvalue weighted by atomic mass is 32.1. The molecule has 1 saturated carbocycles. The Morgan fingerprint density at radius 2 is 1.57 bits per heavy atom. The lowest BCUT2D eigenvalue weighted by molar-refractivity contribution is -0.123. The van der Waals surface area contributed by atoms with Gasteiger partial charge in [-0.05, 0) is 97.4 Å². The van der Waals surface area contributed by atoms with Crippen molar-refractivity contribution in [2.75, 3.05) is 24.9 Å².